The highest BCUT2D eigenvalue weighted by atomic mass is 19.2. The smallest absolute Gasteiger partial charge is 0.341 e. The second-order valence-electron chi connectivity index (χ2n) is 8.36. The zero-order valence-corrected chi connectivity index (χ0v) is 15.0. The highest BCUT2D eigenvalue weighted by molar-refractivity contribution is 5.92. The van der Waals surface area contributed by atoms with Crippen LogP contribution in [0.2, 0.25) is 0 Å². The molecule has 1 aromatic heterocycles. The van der Waals surface area contributed by atoms with Crippen LogP contribution >= 0.6 is 0 Å². The van der Waals surface area contributed by atoms with Crippen LogP contribution in [0.5, 0.6) is 0 Å². The van der Waals surface area contributed by atoms with Crippen LogP contribution in [0.1, 0.15) is 50.4 Å². The lowest BCUT2D eigenvalue weighted by Crippen LogP contribution is -2.67. The normalized spacial score (nSPS) is 29.4. The Balaban J connectivity index is 2.13. The lowest BCUT2D eigenvalue weighted by Gasteiger charge is -2.69. The maximum absolute atomic E-state index is 14.0. The Bertz CT molecular complexity index is 1010. The van der Waals surface area contributed by atoms with Gasteiger partial charge in [0.1, 0.15) is 5.56 Å². The molecule has 6 heteroatoms. The SMILES string of the molecule is CC1CCC2CC1(n1cc(C(=O)O)c(=O)c3cc(F)c(F)cc31)C2(C)C. The van der Waals surface area contributed by atoms with Crippen LogP contribution in [0.4, 0.5) is 8.78 Å². The largest absolute Gasteiger partial charge is 0.477 e. The molecule has 2 bridgehead atoms. The van der Waals surface area contributed by atoms with Crippen LogP contribution in [0.3, 0.4) is 0 Å². The second-order valence-corrected chi connectivity index (χ2v) is 8.36. The molecule has 138 valence electrons. The van der Waals surface area contributed by atoms with Crippen molar-refractivity contribution in [1.82, 2.24) is 4.57 Å². The highest BCUT2D eigenvalue weighted by Gasteiger charge is 2.65. The number of pyridine rings is 1. The molecule has 0 radical (unpaired) electrons. The van der Waals surface area contributed by atoms with Crippen LogP contribution in [0, 0.1) is 28.9 Å². The number of carboxylic acids is 1. The van der Waals surface area contributed by atoms with Crippen molar-refractivity contribution in [2.24, 2.45) is 17.3 Å². The van der Waals surface area contributed by atoms with Crippen LogP contribution in [-0.2, 0) is 5.54 Å². The number of carbonyl (C=O) groups is 1. The quantitative estimate of drug-likeness (QED) is 0.874. The number of aromatic nitrogens is 1. The van der Waals surface area contributed by atoms with Gasteiger partial charge in [0.25, 0.3) is 0 Å². The van der Waals surface area contributed by atoms with Gasteiger partial charge in [0, 0.05) is 17.6 Å². The lowest BCUT2D eigenvalue weighted by atomic mass is 9.41. The minimum Gasteiger partial charge on any atom is -0.477 e. The van der Waals surface area contributed by atoms with Crippen LogP contribution in [-0.4, -0.2) is 15.6 Å². The van der Waals surface area contributed by atoms with E-state index >= 15 is 0 Å². The summed E-state index contributed by atoms with van der Waals surface area (Å²) in [5.74, 6) is -2.83. The fourth-order valence-electron chi connectivity index (χ4n) is 5.55. The summed E-state index contributed by atoms with van der Waals surface area (Å²) in [5.41, 5.74) is -1.48. The van der Waals surface area contributed by atoms with E-state index in [0.29, 0.717) is 5.92 Å². The highest BCUT2D eigenvalue weighted by Crippen LogP contribution is 2.68. The average Bonchev–Trinajstić information content (AvgIpc) is 2.57. The van der Waals surface area contributed by atoms with Crippen molar-refractivity contribution in [3.8, 4) is 0 Å². The first-order valence-electron chi connectivity index (χ1n) is 8.89. The van der Waals surface area contributed by atoms with Gasteiger partial charge in [-0.25, -0.2) is 13.6 Å². The lowest BCUT2D eigenvalue weighted by molar-refractivity contribution is -0.176. The first kappa shape index (κ1) is 17.2. The van der Waals surface area contributed by atoms with Crippen molar-refractivity contribution in [2.45, 2.75) is 45.6 Å². The maximum atomic E-state index is 14.0. The summed E-state index contributed by atoms with van der Waals surface area (Å²) in [5, 5.41) is 9.40. The van der Waals surface area contributed by atoms with E-state index in [1.165, 1.54) is 6.20 Å². The predicted molar refractivity (Wildman–Crippen MR) is 93.3 cm³/mol. The number of carboxylic acid groups (broad SMARTS) is 1. The standard InChI is InChI=1S/C20H21F2NO3/c1-10-4-5-11-8-20(10,19(11,2)3)23-9-13(18(25)26)17(24)12-6-14(21)15(22)7-16(12)23/h6-7,9-11H,4-5,8H2,1-3H3,(H,25,26). The van der Waals surface area contributed by atoms with Crippen molar-refractivity contribution in [1.29, 1.82) is 0 Å². The molecule has 1 N–H and O–H groups in total. The first-order valence-corrected chi connectivity index (χ1v) is 8.89. The fraction of sp³-hybridized carbons (Fsp3) is 0.500. The third-order valence-electron chi connectivity index (χ3n) is 7.16. The zero-order chi connectivity index (χ0) is 19.0. The summed E-state index contributed by atoms with van der Waals surface area (Å²) >= 11 is 0. The number of benzene rings is 1. The Morgan fingerprint density at radius 3 is 2.46 bits per heavy atom. The van der Waals surface area contributed by atoms with Gasteiger partial charge in [0.05, 0.1) is 11.1 Å². The van der Waals surface area contributed by atoms with E-state index in [1.807, 2.05) is 0 Å². The molecule has 0 saturated heterocycles. The summed E-state index contributed by atoms with van der Waals surface area (Å²) in [4.78, 5) is 24.2. The summed E-state index contributed by atoms with van der Waals surface area (Å²) in [6.07, 6.45) is 4.26. The number of halogens is 2. The van der Waals surface area contributed by atoms with E-state index in [9.17, 15) is 23.5 Å². The van der Waals surface area contributed by atoms with Gasteiger partial charge in [-0.15, -0.1) is 0 Å². The number of hydrogen-bond donors (Lipinski definition) is 1. The minimum atomic E-state index is -1.36. The van der Waals surface area contributed by atoms with E-state index < -0.39 is 34.1 Å². The van der Waals surface area contributed by atoms with Crippen molar-refractivity contribution < 1.29 is 18.7 Å². The molecule has 3 aliphatic carbocycles. The Labute approximate surface area is 149 Å². The fourth-order valence-corrected chi connectivity index (χ4v) is 5.55. The summed E-state index contributed by atoms with van der Waals surface area (Å²) < 4.78 is 29.6. The Kier molecular flexibility index (Phi) is 3.40. The molecule has 0 aliphatic heterocycles. The monoisotopic (exact) mass is 361 g/mol. The summed E-state index contributed by atoms with van der Waals surface area (Å²) in [7, 11) is 0. The van der Waals surface area contributed by atoms with Gasteiger partial charge < -0.3 is 9.67 Å². The van der Waals surface area contributed by atoms with Crippen LogP contribution in [0.15, 0.2) is 23.1 Å². The number of aromatic carboxylic acids is 1. The van der Waals surface area contributed by atoms with Gasteiger partial charge >= 0.3 is 5.97 Å². The molecular formula is C20H21F2NO3. The predicted octanol–water partition coefficient (Wildman–Crippen LogP) is 4.15. The van der Waals surface area contributed by atoms with E-state index in [1.54, 1.807) is 4.57 Å². The van der Waals surface area contributed by atoms with Crippen LogP contribution < -0.4 is 5.43 Å². The van der Waals surface area contributed by atoms with Gasteiger partial charge in [0.2, 0.25) is 5.43 Å². The molecule has 1 heterocycles. The van der Waals surface area contributed by atoms with Gasteiger partial charge in [0.15, 0.2) is 11.6 Å². The molecule has 1 aromatic carbocycles. The van der Waals surface area contributed by atoms with E-state index in [4.69, 9.17) is 0 Å². The molecule has 3 fully saturated rings. The van der Waals surface area contributed by atoms with E-state index in [2.05, 4.69) is 20.8 Å². The molecule has 5 rings (SSSR count). The topological polar surface area (TPSA) is 59.3 Å². The number of fused-ring (bicyclic) bond motifs is 3. The van der Waals surface area contributed by atoms with Gasteiger partial charge in [-0.05, 0) is 42.6 Å². The van der Waals surface area contributed by atoms with Crippen molar-refractivity contribution >= 4 is 16.9 Å². The van der Waals surface area contributed by atoms with Gasteiger partial charge in [-0.1, -0.05) is 20.8 Å². The average molecular weight is 361 g/mol. The molecule has 0 amide bonds. The molecule has 3 unspecified atom stereocenters. The number of rotatable bonds is 2. The Hall–Kier alpha value is -2.24. The minimum absolute atomic E-state index is 0.0878. The van der Waals surface area contributed by atoms with Crippen LogP contribution in [0.25, 0.3) is 10.9 Å². The Morgan fingerprint density at radius 2 is 1.88 bits per heavy atom. The van der Waals surface area contributed by atoms with E-state index in [-0.39, 0.29) is 22.2 Å². The molecule has 4 nitrogen and oxygen atoms in total. The molecule has 3 aliphatic rings. The molecule has 26 heavy (non-hydrogen) atoms. The Morgan fingerprint density at radius 1 is 1.23 bits per heavy atom. The number of nitrogens with zero attached hydrogens (tertiary/aromatic N) is 1. The molecule has 3 saturated carbocycles. The van der Waals surface area contributed by atoms with Crippen molar-refractivity contribution in [3.05, 3.63) is 45.8 Å². The molecule has 2 aromatic rings. The number of hydrogen-bond acceptors (Lipinski definition) is 2. The first-order chi connectivity index (χ1) is 12.1. The van der Waals surface area contributed by atoms with Gasteiger partial charge in [-0.3, -0.25) is 4.79 Å². The third-order valence-corrected chi connectivity index (χ3v) is 7.16. The van der Waals surface area contributed by atoms with Crippen molar-refractivity contribution in [2.75, 3.05) is 0 Å². The summed E-state index contributed by atoms with van der Waals surface area (Å²) in [6.45, 7) is 6.39. The molecular weight excluding hydrogens is 340 g/mol. The zero-order valence-electron chi connectivity index (χ0n) is 15.0. The summed E-state index contributed by atoms with van der Waals surface area (Å²) in [6, 6.07) is 1.85. The van der Waals surface area contributed by atoms with Crippen molar-refractivity contribution in [3.63, 3.8) is 0 Å². The maximum Gasteiger partial charge on any atom is 0.341 e. The molecule has 3 atom stereocenters. The van der Waals surface area contributed by atoms with E-state index in [0.717, 1.165) is 31.4 Å². The molecule has 0 spiro atoms. The van der Waals surface area contributed by atoms with Gasteiger partial charge in [-0.2, -0.15) is 0 Å². The second kappa shape index (κ2) is 5.15. The third kappa shape index (κ3) is 1.87.